The normalized spacial score (nSPS) is 15.3. The highest BCUT2D eigenvalue weighted by molar-refractivity contribution is 6.23. The van der Waals surface area contributed by atoms with Gasteiger partial charge in [0.1, 0.15) is 0 Å². The Morgan fingerprint density at radius 3 is 2.38 bits per heavy atom. The third kappa shape index (κ3) is 3.61. The highest BCUT2D eigenvalue weighted by Gasteiger charge is 2.38. The first-order valence-corrected chi connectivity index (χ1v) is 9.08. The van der Waals surface area contributed by atoms with Crippen molar-refractivity contribution in [2.45, 2.75) is 20.8 Å². The summed E-state index contributed by atoms with van der Waals surface area (Å²) in [7, 11) is 2.73. The molecule has 6 nitrogen and oxygen atoms in total. The summed E-state index contributed by atoms with van der Waals surface area (Å²) in [5.41, 5.74) is 4.39. The van der Waals surface area contributed by atoms with Crippen LogP contribution in [0.3, 0.4) is 0 Å². The maximum absolute atomic E-state index is 13.3. The van der Waals surface area contributed by atoms with Gasteiger partial charge in [0.05, 0.1) is 25.4 Å². The minimum absolute atomic E-state index is 0.0101. The quantitative estimate of drug-likeness (QED) is 0.630. The van der Waals surface area contributed by atoms with E-state index < -0.39 is 5.97 Å². The number of carbonyl (C=O) groups excluding carboxylic acids is 2. The number of ether oxygens (including phenoxy) is 2. The lowest BCUT2D eigenvalue weighted by Crippen LogP contribution is -2.24. The van der Waals surface area contributed by atoms with Gasteiger partial charge in [-0.3, -0.25) is 9.69 Å². The second-order valence-corrected chi connectivity index (χ2v) is 6.85. The highest BCUT2D eigenvalue weighted by Crippen LogP contribution is 2.37. The summed E-state index contributed by atoms with van der Waals surface area (Å²) < 4.78 is 10.1. The van der Waals surface area contributed by atoms with E-state index in [-0.39, 0.29) is 28.6 Å². The highest BCUT2D eigenvalue weighted by atomic mass is 16.5. The number of phenolic OH excluding ortho intramolecular Hbond substituents is 1. The molecule has 150 valence electrons. The maximum Gasteiger partial charge on any atom is 0.340 e. The van der Waals surface area contributed by atoms with Gasteiger partial charge >= 0.3 is 5.97 Å². The van der Waals surface area contributed by atoms with Crippen LogP contribution in [0.5, 0.6) is 11.5 Å². The van der Waals surface area contributed by atoms with Crippen molar-refractivity contribution in [3.63, 3.8) is 0 Å². The van der Waals surface area contributed by atoms with E-state index in [0.717, 1.165) is 11.1 Å². The first kappa shape index (κ1) is 20.2. The Kier molecular flexibility index (Phi) is 5.46. The summed E-state index contributed by atoms with van der Waals surface area (Å²) in [6, 6.07) is 10.4. The second-order valence-electron chi connectivity index (χ2n) is 6.85. The Morgan fingerprint density at radius 2 is 1.76 bits per heavy atom. The molecule has 0 bridgehead atoms. The zero-order valence-corrected chi connectivity index (χ0v) is 17.1. The largest absolute Gasteiger partial charge is 0.504 e. The minimum atomic E-state index is -0.584. The van der Waals surface area contributed by atoms with Crippen LogP contribution in [0.25, 0.3) is 6.08 Å². The van der Waals surface area contributed by atoms with Crippen molar-refractivity contribution < 1.29 is 24.2 Å². The summed E-state index contributed by atoms with van der Waals surface area (Å²) in [6.07, 6.45) is 1.60. The SMILES string of the molecule is COC(=O)C1=C(C)N(c2ccc(C)c(C)c2)C(=O)/C1=C\c1ccc(O)c(OC)c1. The number of anilines is 1. The maximum atomic E-state index is 13.3. The topological polar surface area (TPSA) is 76.1 Å². The number of nitrogens with zero attached hydrogens (tertiary/aromatic N) is 1. The second kappa shape index (κ2) is 7.83. The number of methoxy groups -OCH3 is 2. The number of phenols is 1. The molecule has 1 aliphatic rings. The zero-order chi connectivity index (χ0) is 21.3. The zero-order valence-electron chi connectivity index (χ0n) is 17.1. The van der Waals surface area contributed by atoms with Crippen LogP contribution in [0, 0.1) is 13.8 Å². The van der Waals surface area contributed by atoms with Crippen LogP contribution in [0.4, 0.5) is 5.69 Å². The van der Waals surface area contributed by atoms with E-state index in [1.807, 2.05) is 32.0 Å². The first-order chi connectivity index (χ1) is 13.8. The number of aromatic hydroxyl groups is 1. The molecule has 2 aromatic carbocycles. The first-order valence-electron chi connectivity index (χ1n) is 9.08. The van der Waals surface area contributed by atoms with E-state index >= 15 is 0 Å². The van der Waals surface area contributed by atoms with Gasteiger partial charge in [0.25, 0.3) is 5.91 Å². The number of amides is 1. The summed E-state index contributed by atoms with van der Waals surface area (Å²) in [5.74, 6) is -0.641. The fourth-order valence-electron chi connectivity index (χ4n) is 3.31. The van der Waals surface area contributed by atoms with E-state index in [4.69, 9.17) is 9.47 Å². The van der Waals surface area contributed by atoms with Gasteiger partial charge in [-0.05, 0) is 67.8 Å². The van der Waals surface area contributed by atoms with Gasteiger partial charge in [0.2, 0.25) is 0 Å². The Morgan fingerprint density at radius 1 is 1.03 bits per heavy atom. The van der Waals surface area contributed by atoms with Crippen LogP contribution in [-0.2, 0) is 14.3 Å². The van der Waals surface area contributed by atoms with Crippen LogP contribution < -0.4 is 9.64 Å². The predicted octanol–water partition coefficient (Wildman–Crippen LogP) is 3.89. The molecule has 1 heterocycles. The molecule has 0 saturated heterocycles. The van der Waals surface area contributed by atoms with Crippen LogP contribution in [0.15, 0.2) is 53.2 Å². The number of hydrogen-bond donors (Lipinski definition) is 1. The lowest BCUT2D eigenvalue weighted by atomic mass is 10.0. The molecular weight excluding hydrogens is 370 g/mol. The van der Waals surface area contributed by atoms with E-state index in [2.05, 4.69) is 0 Å². The number of esters is 1. The third-order valence-electron chi connectivity index (χ3n) is 5.05. The lowest BCUT2D eigenvalue weighted by Gasteiger charge is -2.19. The van der Waals surface area contributed by atoms with Gasteiger partial charge in [-0.1, -0.05) is 12.1 Å². The molecule has 0 atom stereocenters. The molecule has 0 unspecified atom stereocenters. The third-order valence-corrected chi connectivity index (χ3v) is 5.05. The van der Waals surface area contributed by atoms with Crippen molar-refractivity contribution in [3.8, 4) is 11.5 Å². The molecule has 0 aromatic heterocycles. The van der Waals surface area contributed by atoms with E-state index in [1.165, 1.54) is 25.2 Å². The molecule has 6 heteroatoms. The predicted molar refractivity (Wildman–Crippen MR) is 111 cm³/mol. The number of benzene rings is 2. The Labute approximate surface area is 169 Å². The number of rotatable bonds is 4. The molecule has 1 N–H and O–H groups in total. The number of allylic oxidation sites excluding steroid dienone is 1. The Balaban J connectivity index is 2.15. The molecule has 3 rings (SSSR count). The molecule has 0 spiro atoms. The van der Waals surface area contributed by atoms with Crippen LogP contribution in [0.2, 0.25) is 0 Å². The number of aryl methyl sites for hydroxylation is 2. The van der Waals surface area contributed by atoms with Gasteiger partial charge in [-0.2, -0.15) is 0 Å². The van der Waals surface area contributed by atoms with E-state index in [0.29, 0.717) is 16.9 Å². The molecular formula is C23H23NO5. The summed E-state index contributed by atoms with van der Waals surface area (Å²) >= 11 is 0. The van der Waals surface area contributed by atoms with E-state index in [9.17, 15) is 14.7 Å². The van der Waals surface area contributed by atoms with Gasteiger partial charge < -0.3 is 14.6 Å². The van der Waals surface area contributed by atoms with Crippen molar-refractivity contribution in [2.75, 3.05) is 19.1 Å². The fraction of sp³-hybridized carbons (Fsp3) is 0.217. The number of carbonyl (C=O) groups is 2. The van der Waals surface area contributed by atoms with Crippen molar-refractivity contribution in [1.29, 1.82) is 0 Å². The van der Waals surface area contributed by atoms with Crippen molar-refractivity contribution in [1.82, 2.24) is 0 Å². The molecule has 1 aliphatic heterocycles. The summed E-state index contributed by atoms with van der Waals surface area (Å²) in [6.45, 7) is 5.69. The van der Waals surface area contributed by atoms with Gasteiger partial charge in [0.15, 0.2) is 11.5 Å². The monoisotopic (exact) mass is 393 g/mol. The Bertz CT molecular complexity index is 1060. The van der Waals surface area contributed by atoms with Crippen molar-refractivity contribution in [2.24, 2.45) is 0 Å². The molecule has 2 aromatic rings. The van der Waals surface area contributed by atoms with Gasteiger partial charge in [-0.25, -0.2) is 4.79 Å². The summed E-state index contributed by atoms with van der Waals surface area (Å²) in [4.78, 5) is 27.3. The van der Waals surface area contributed by atoms with E-state index in [1.54, 1.807) is 25.1 Å². The van der Waals surface area contributed by atoms with Crippen LogP contribution >= 0.6 is 0 Å². The average Bonchev–Trinajstić information content (AvgIpc) is 2.94. The molecule has 0 aliphatic carbocycles. The molecule has 1 amide bonds. The van der Waals surface area contributed by atoms with Crippen molar-refractivity contribution >= 4 is 23.6 Å². The summed E-state index contributed by atoms with van der Waals surface area (Å²) in [5, 5.41) is 9.80. The van der Waals surface area contributed by atoms with Gasteiger partial charge in [0, 0.05) is 11.4 Å². The van der Waals surface area contributed by atoms with Crippen LogP contribution in [-0.4, -0.2) is 31.2 Å². The fourth-order valence-corrected chi connectivity index (χ4v) is 3.31. The minimum Gasteiger partial charge on any atom is -0.504 e. The number of hydrogen-bond acceptors (Lipinski definition) is 5. The standard InChI is InChI=1S/C23H23NO5/c1-13-6-8-17(10-14(13)2)24-15(3)21(23(27)29-5)18(22(24)26)11-16-7-9-19(25)20(12-16)28-4/h6-12,25H,1-5H3/b18-11-. The molecule has 0 radical (unpaired) electrons. The van der Waals surface area contributed by atoms with Crippen LogP contribution in [0.1, 0.15) is 23.6 Å². The molecule has 0 saturated carbocycles. The lowest BCUT2D eigenvalue weighted by molar-refractivity contribution is -0.136. The smallest absolute Gasteiger partial charge is 0.340 e. The van der Waals surface area contributed by atoms with Gasteiger partial charge in [-0.15, -0.1) is 0 Å². The average molecular weight is 393 g/mol. The van der Waals surface area contributed by atoms with Crippen molar-refractivity contribution in [3.05, 3.63) is 69.9 Å². The Hall–Kier alpha value is -3.54. The molecule has 29 heavy (non-hydrogen) atoms. The molecule has 0 fully saturated rings.